The molecular weight excluding hydrogens is 952 g/mol. The van der Waals surface area contributed by atoms with Crippen molar-refractivity contribution in [2.75, 3.05) is 0 Å². The standard InChI is InChI=1S/C57H38N4O.Pt/c1-36-29-56(58-34-47(36)37-15-4-3-5-16-37)61-54-31-40(62-39-18-14-17-38(30-39)60-35-59(2)52-25-12-13-26-53(52)60)27-28-44(54)46-32-45-43-21-8-11-24-50(43)57(51(45)33-55(46)61)48-22-9-6-19-41(48)42-20-7-10-23-49(42)57;/h3-34H,1-2H3;/i1D3,2D3;. The Kier molecular flexibility index (Phi) is 6.61. The molecule has 0 atom stereocenters. The van der Waals surface area contributed by atoms with Crippen molar-refractivity contribution in [2.24, 2.45) is 6.98 Å². The van der Waals surface area contributed by atoms with E-state index in [0.717, 1.165) is 49.7 Å². The van der Waals surface area contributed by atoms with Crippen molar-refractivity contribution in [3.8, 4) is 56.4 Å². The number of pyridine rings is 1. The predicted octanol–water partition coefficient (Wildman–Crippen LogP) is 13.7. The zero-order valence-corrected chi connectivity index (χ0v) is 35.8. The summed E-state index contributed by atoms with van der Waals surface area (Å²) in [6.45, 7) is -4.84. The Bertz CT molecular complexity index is 3970. The van der Waals surface area contributed by atoms with Crippen LogP contribution in [0, 0.1) is 10.7 Å². The number of aromatic nitrogens is 4. The smallest absolute Gasteiger partial charge is 0.0622 e. The molecule has 0 unspecified atom stereocenters. The molecule has 1 spiro atoms. The number of para-hydroxylation sites is 2. The molecule has 0 saturated carbocycles. The molecule has 0 saturated heterocycles. The van der Waals surface area contributed by atoms with E-state index in [1.165, 1.54) is 37.9 Å². The molecule has 0 fully saturated rings. The van der Waals surface area contributed by atoms with Crippen LogP contribution < -0.4 is 4.74 Å². The fraction of sp³-hybridized carbons (Fsp3) is 0.0526. The minimum atomic E-state index is -2.45. The maximum absolute atomic E-state index is 8.81. The van der Waals surface area contributed by atoms with Crippen molar-refractivity contribution in [3.05, 3.63) is 226 Å². The first-order valence-corrected chi connectivity index (χ1v) is 22.0. The third kappa shape index (κ3) is 5.09. The van der Waals surface area contributed by atoms with Gasteiger partial charge in [0.05, 0.1) is 5.41 Å². The number of fused-ring (bicyclic) bond motifs is 14. The first-order valence-electron chi connectivity index (χ1n) is 23.9. The number of ether oxygens (including phenoxy) is 1. The van der Waals surface area contributed by atoms with Crippen LogP contribution >= 0.6 is 0 Å². The fourth-order valence-electron chi connectivity index (χ4n) is 10.5. The van der Waals surface area contributed by atoms with Crippen LogP contribution in [0.4, 0.5) is 0 Å². The average molecular weight is 996 g/mol. The van der Waals surface area contributed by atoms with Crippen molar-refractivity contribution in [1.29, 1.82) is 0 Å². The van der Waals surface area contributed by atoms with Crippen LogP contribution in [-0.4, -0.2) is 18.7 Å². The molecule has 11 aromatic rings. The first kappa shape index (κ1) is 30.7. The Balaban J connectivity index is 1.05. The van der Waals surface area contributed by atoms with E-state index in [9.17, 15) is 0 Å². The monoisotopic (exact) mass is 995 g/mol. The van der Waals surface area contributed by atoms with E-state index in [4.69, 9.17) is 17.9 Å². The van der Waals surface area contributed by atoms with E-state index in [1.807, 2.05) is 95.6 Å². The molecule has 0 bridgehead atoms. The molecule has 8 aromatic carbocycles. The Labute approximate surface area is 383 Å². The number of hydrogen-bond acceptors (Lipinski definition) is 2. The maximum atomic E-state index is 8.81. The summed E-state index contributed by atoms with van der Waals surface area (Å²) in [5.41, 5.74) is 14.2. The quantitative estimate of drug-likeness (QED) is 0.172. The van der Waals surface area contributed by atoms with Gasteiger partial charge in [-0.25, -0.2) is 0 Å². The van der Waals surface area contributed by atoms with Gasteiger partial charge in [0, 0.05) is 15.9 Å². The fourth-order valence-corrected chi connectivity index (χ4v) is 11.3. The third-order valence-electron chi connectivity index (χ3n) is 13.1. The van der Waals surface area contributed by atoms with Crippen molar-refractivity contribution in [1.82, 2.24) is 18.7 Å². The minimum Gasteiger partial charge on any atom is -0.0622 e. The van der Waals surface area contributed by atoms with E-state index in [1.54, 1.807) is 12.3 Å². The molecule has 0 radical (unpaired) electrons. The number of aryl methyl sites for hydroxylation is 2. The summed E-state index contributed by atoms with van der Waals surface area (Å²) in [7, 11) is 0. The molecule has 3 aromatic heterocycles. The molecule has 63 heavy (non-hydrogen) atoms. The summed E-state index contributed by atoms with van der Waals surface area (Å²) < 4.78 is 64.1. The van der Waals surface area contributed by atoms with Crippen LogP contribution in [0.15, 0.2) is 194 Å². The summed E-state index contributed by atoms with van der Waals surface area (Å²) in [6.07, 6.45) is 1.69. The van der Waals surface area contributed by atoms with Gasteiger partial charge < -0.3 is 0 Å². The number of hydrogen-bond donors (Lipinski definition) is 0. The van der Waals surface area contributed by atoms with Gasteiger partial charge in [0.15, 0.2) is 0 Å². The summed E-state index contributed by atoms with van der Waals surface area (Å²) in [4.78, 5) is 5.10. The van der Waals surface area contributed by atoms with Gasteiger partial charge in [-0.15, -0.1) is 0 Å². The average Bonchev–Trinajstić information content (AvgIpc) is 4.04. The SMILES string of the molecule is [2H]C([2H])([2H])c1cc(-n2c3cc(Oc4cccc(-n5[c](=[Pt])n(C([2H])([2H])[2H])c6ccccc65)c4)ccc3c3cc4c(cc32)C2(c3ccccc3-c3ccccc32)c2ccccc2-4)ncc1-c1ccccc1. The molecule has 3 heterocycles. The topological polar surface area (TPSA) is 36.9 Å². The van der Waals surface area contributed by atoms with Crippen LogP contribution in [0.3, 0.4) is 0 Å². The van der Waals surface area contributed by atoms with Gasteiger partial charge >= 0.3 is 198 Å². The Morgan fingerprint density at radius 2 is 1.16 bits per heavy atom. The molecule has 0 aliphatic heterocycles. The molecule has 2 aliphatic carbocycles. The van der Waals surface area contributed by atoms with Gasteiger partial charge in [0.1, 0.15) is 0 Å². The summed E-state index contributed by atoms with van der Waals surface area (Å²) >= 11 is 2.08. The molecule has 6 heteroatoms. The number of imidazole rings is 1. The summed E-state index contributed by atoms with van der Waals surface area (Å²) in [5.74, 6) is 1.57. The second kappa shape index (κ2) is 13.6. The van der Waals surface area contributed by atoms with Gasteiger partial charge in [0.2, 0.25) is 0 Å². The summed E-state index contributed by atoms with van der Waals surface area (Å²) in [5, 5.41) is 1.94. The first-order chi connectivity index (χ1) is 33.4. The Morgan fingerprint density at radius 3 is 1.89 bits per heavy atom. The normalized spacial score (nSPS) is 15.0. The molecule has 0 amide bonds. The predicted molar refractivity (Wildman–Crippen MR) is 251 cm³/mol. The van der Waals surface area contributed by atoms with Crippen LogP contribution in [0.1, 0.15) is 36.0 Å². The Hall–Kier alpha value is -7.33. The van der Waals surface area contributed by atoms with Gasteiger partial charge in [-0.05, 0) is 62.5 Å². The zero-order valence-electron chi connectivity index (χ0n) is 39.5. The third-order valence-corrected chi connectivity index (χ3v) is 14.1. The number of nitrogens with zero attached hydrogens (tertiary/aromatic N) is 4. The molecular formula is C57H38N4OPt. The van der Waals surface area contributed by atoms with Gasteiger partial charge in [-0.3, -0.25) is 0 Å². The van der Waals surface area contributed by atoms with Crippen LogP contribution in [0.25, 0.3) is 77.7 Å². The van der Waals surface area contributed by atoms with Gasteiger partial charge in [-0.2, -0.15) is 0 Å². The van der Waals surface area contributed by atoms with Crippen molar-refractivity contribution in [3.63, 3.8) is 0 Å². The second-order valence-electron chi connectivity index (χ2n) is 16.3. The van der Waals surface area contributed by atoms with E-state index in [-0.39, 0.29) is 5.56 Å². The molecule has 2 aliphatic rings. The van der Waals surface area contributed by atoms with Crippen LogP contribution in [0.5, 0.6) is 11.5 Å². The van der Waals surface area contributed by atoms with E-state index >= 15 is 0 Å². The Morgan fingerprint density at radius 1 is 0.508 bits per heavy atom. The number of benzene rings is 8. The van der Waals surface area contributed by atoms with Crippen LogP contribution in [-0.2, 0) is 31.7 Å². The second-order valence-corrected chi connectivity index (χ2v) is 17.3. The van der Waals surface area contributed by atoms with E-state index in [2.05, 4.69) is 115 Å². The van der Waals surface area contributed by atoms with E-state index < -0.39 is 19.2 Å². The van der Waals surface area contributed by atoms with Gasteiger partial charge in [-0.1, -0.05) is 103 Å². The van der Waals surface area contributed by atoms with Gasteiger partial charge in [0.25, 0.3) is 0 Å². The molecule has 302 valence electrons. The number of rotatable bonds is 5. The zero-order chi connectivity index (χ0) is 47.0. The van der Waals surface area contributed by atoms with Crippen molar-refractivity contribution < 1.29 is 32.3 Å². The van der Waals surface area contributed by atoms with Crippen LogP contribution in [0.2, 0.25) is 0 Å². The van der Waals surface area contributed by atoms with Crippen molar-refractivity contribution >= 4 is 32.8 Å². The minimum absolute atomic E-state index is 0.202. The summed E-state index contributed by atoms with van der Waals surface area (Å²) in [6, 6.07) is 63.2. The van der Waals surface area contributed by atoms with E-state index in [0.29, 0.717) is 32.2 Å². The molecule has 13 rings (SSSR count). The molecule has 5 nitrogen and oxygen atoms in total. The molecule has 0 N–H and O–H groups in total. The van der Waals surface area contributed by atoms with Crippen molar-refractivity contribution in [2.45, 2.75) is 12.3 Å².